The number of aromatic carboxylic acids is 1. The van der Waals surface area contributed by atoms with Crippen molar-refractivity contribution < 1.29 is 18.7 Å². The fourth-order valence-corrected chi connectivity index (χ4v) is 1.37. The van der Waals surface area contributed by atoms with Crippen molar-refractivity contribution in [3.63, 3.8) is 0 Å². The maximum absolute atomic E-state index is 12.2. The molecule has 16 heavy (non-hydrogen) atoms. The van der Waals surface area contributed by atoms with E-state index >= 15 is 0 Å². The van der Waals surface area contributed by atoms with Crippen LogP contribution in [0.1, 0.15) is 30.0 Å². The van der Waals surface area contributed by atoms with Crippen LogP contribution in [-0.4, -0.2) is 32.5 Å². The second-order valence-corrected chi connectivity index (χ2v) is 3.86. The Bertz CT molecular complexity index is 377. The van der Waals surface area contributed by atoms with E-state index in [1.165, 1.54) is 0 Å². The molecule has 0 unspecified atom stereocenters. The van der Waals surface area contributed by atoms with E-state index in [4.69, 9.17) is 5.11 Å². The van der Waals surface area contributed by atoms with Crippen molar-refractivity contribution in [1.29, 1.82) is 0 Å². The van der Waals surface area contributed by atoms with E-state index in [1.807, 2.05) is 13.8 Å². The molecule has 0 aliphatic heterocycles. The van der Waals surface area contributed by atoms with Gasteiger partial charge in [-0.05, 0) is 12.3 Å². The first-order chi connectivity index (χ1) is 7.41. The molecule has 0 saturated carbocycles. The molecule has 0 aromatic carbocycles. The molecule has 0 saturated heterocycles. The Morgan fingerprint density at radius 3 is 2.56 bits per heavy atom. The molecule has 1 aromatic rings. The number of carboxylic acids is 1. The van der Waals surface area contributed by atoms with Crippen LogP contribution in [0.4, 0.5) is 8.78 Å². The van der Waals surface area contributed by atoms with Crippen LogP contribution in [-0.2, 0) is 13.0 Å². The van der Waals surface area contributed by atoms with Gasteiger partial charge < -0.3 is 5.11 Å². The molecule has 5 nitrogen and oxygen atoms in total. The van der Waals surface area contributed by atoms with Gasteiger partial charge in [0.1, 0.15) is 6.54 Å². The lowest BCUT2D eigenvalue weighted by Gasteiger charge is -2.08. The highest BCUT2D eigenvalue weighted by atomic mass is 19.3. The molecule has 1 heterocycles. The van der Waals surface area contributed by atoms with Crippen LogP contribution >= 0.6 is 0 Å². The molecule has 0 aliphatic carbocycles. The maximum atomic E-state index is 12.2. The summed E-state index contributed by atoms with van der Waals surface area (Å²) in [5, 5.41) is 15.7. The molecule has 0 atom stereocenters. The number of halogens is 2. The van der Waals surface area contributed by atoms with Gasteiger partial charge in [-0.3, -0.25) is 0 Å². The van der Waals surface area contributed by atoms with Crippen molar-refractivity contribution >= 4 is 5.97 Å². The summed E-state index contributed by atoms with van der Waals surface area (Å²) in [6, 6.07) is 0. The van der Waals surface area contributed by atoms with Gasteiger partial charge in [0.15, 0.2) is 5.69 Å². The summed E-state index contributed by atoms with van der Waals surface area (Å²) in [6.07, 6.45) is -2.21. The number of hydrogen-bond acceptors (Lipinski definition) is 3. The topological polar surface area (TPSA) is 68.0 Å². The summed E-state index contributed by atoms with van der Waals surface area (Å²) >= 11 is 0. The Hall–Kier alpha value is -1.53. The van der Waals surface area contributed by atoms with E-state index in [1.54, 1.807) is 0 Å². The first-order valence-corrected chi connectivity index (χ1v) is 4.85. The monoisotopic (exact) mass is 233 g/mol. The number of nitrogens with zero attached hydrogens (tertiary/aromatic N) is 3. The summed E-state index contributed by atoms with van der Waals surface area (Å²) in [4.78, 5) is 10.8. The van der Waals surface area contributed by atoms with Crippen molar-refractivity contribution in [3.8, 4) is 0 Å². The number of alkyl halides is 2. The zero-order chi connectivity index (χ0) is 12.3. The summed E-state index contributed by atoms with van der Waals surface area (Å²) in [6.45, 7) is 3.11. The Labute approximate surface area is 91.1 Å². The van der Waals surface area contributed by atoms with Gasteiger partial charge in [-0.25, -0.2) is 18.3 Å². The molecule has 0 aliphatic rings. The molecule has 1 N–H and O–H groups in total. The molecule has 7 heteroatoms. The SMILES string of the molecule is CC(C)Cc1c(C(=O)O)nnn1CC(F)F. The summed E-state index contributed by atoms with van der Waals surface area (Å²) in [5.41, 5.74) is 0.0113. The van der Waals surface area contributed by atoms with Crippen LogP contribution in [0.5, 0.6) is 0 Å². The van der Waals surface area contributed by atoms with Crippen molar-refractivity contribution in [3.05, 3.63) is 11.4 Å². The van der Waals surface area contributed by atoms with Crippen LogP contribution < -0.4 is 0 Å². The summed E-state index contributed by atoms with van der Waals surface area (Å²) < 4.78 is 25.4. The Kier molecular flexibility index (Phi) is 3.92. The molecular formula is C9H13F2N3O2. The van der Waals surface area contributed by atoms with Crippen LogP contribution in [0.25, 0.3) is 0 Å². The van der Waals surface area contributed by atoms with Gasteiger partial charge in [-0.1, -0.05) is 19.1 Å². The third-order valence-corrected chi connectivity index (χ3v) is 1.95. The molecular weight excluding hydrogens is 220 g/mol. The standard InChI is InChI=1S/C9H13F2N3O2/c1-5(2)3-6-8(9(15)16)12-13-14(6)4-7(10)11/h5,7H,3-4H2,1-2H3,(H,15,16). The third kappa shape index (κ3) is 2.98. The highest BCUT2D eigenvalue weighted by molar-refractivity contribution is 5.86. The number of carboxylic acid groups (broad SMARTS) is 1. The van der Waals surface area contributed by atoms with E-state index in [2.05, 4.69) is 10.3 Å². The highest BCUT2D eigenvalue weighted by Gasteiger charge is 2.21. The molecule has 0 amide bonds. The third-order valence-electron chi connectivity index (χ3n) is 1.95. The number of rotatable bonds is 5. The molecule has 1 rings (SSSR count). The van der Waals surface area contributed by atoms with Crippen LogP contribution in [0, 0.1) is 5.92 Å². The van der Waals surface area contributed by atoms with Crippen molar-refractivity contribution in [2.24, 2.45) is 5.92 Å². The smallest absolute Gasteiger partial charge is 0.358 e. The van der Waals surface area contributed by atoms with Gasteiger partial charge in [0.05, 0.1) is 5.69 Å². The Morgan fingerprint density at radius 2 is 2.12 bits per heavy atom. The van der Waals surface area contributed by atoms with E-state index in [0.717, 1.165) is 4.68 Å². The first-order valence-electron chi connectivity index (χ1n) is 4.85. The second kappa shape index (κ2) is 5.00. The lowest BCUT2D eigenvalue weighted by Crippen LogP contribution is -2.14. The normalized spacial score (nSPS) is 11.4. The molecule has 0 spiro atoms. The minimum atomic E-state index is -2.57. The Morgan fingerprint density at radius 1 is 1.50 bits per heavy atom. The largest absolute Gasteiger partial charge is 0.476 e. The van der Waals surface area contributed by atoms with Gasteiger partial charge in [-0.2, -0.15) is 0 Å². The highest BCUT2D eigenvalue weighted by Crippen LogP contribution is 2.13. The van der Waals surface area contributed by atoms with Gasteiger partial charge in [0.2, 0.25) is 0 Å². The van der Waals surface area contributed by atoms with E-state index in [0.29, 0.717) is 6.42 Å². The van der Waals surface area contributed by atoms with E-state index in [9.17, 15) is 13.6 Å². The summed E-state index contributed by atoms with van der Waals surface area (Å²) in [7, 11) is 0. The van der Waals surface area contributed by atoms with Gasteiger partial charge in [0, 0.05) is 0 Å². The van der Waals surface area contributed by atoms with Crippen molar-refractivity contribution in [2.45, 2.75) is 33.2 Å². The van der Waals surface area contributed by atoms with Crippen LogP contribution in [0.15, 0.2) is 0 Å². The predicted octanol–water partition coefficient (Wildman–Crippen LogP) is 1.44. The lowest BCUT2D eigenvalue weighted by molar-refractivity contribution is 0.0688. The maximum Gasteiger partial charge on any atom is 0.358 e. The zero-order valence-corrected chi connectivity index (χ0v) is 9.02. The van der Waals surface area contributed by atoms with Gasteiger partial charge in [-0.15, -0.1) is 5.10 Å². The fourth-order valence-electron chi connectivity index (χ4n) is 1.37. The quantitative estimate of drug-likeness (QED) is 0.835. The molecule has 90 valence electrons. The average molecular weight is 233 g/mol. The van der Waals surface area contributed by atoms with Gasteiger partial charge in [0.25, 0.3) is 6.43 Å². The minimum absolute atomic E-state index is 0.146. The van der Waals surface area contributed by atoms with E-state index in [-0.39, 0.29) is 17.3 Å². The summed E-state index contributed by atoms with van der Waals surface area (Å²) in [5.74, 6) is -1.09. The molecule has 1 aromatic heterocycles. The number of aromatic nitrogens is 3. The first kappa shape index (κ1) is 12.5. The minimum Gasteiger partial charge on any atom is -0.476 e. The molecule has 0 radical (unpaired) electrons. The predicted molar refractivity (Wildman–Crippen MR) is 51.5 cm³/mol. The van der Waals surface area contributed by atoms with E-state index < -0.39 is 18.9 Å². The fraction of sp³-hybridized carbons (Fsp3) is 0.667. The van der Waals surface area contributed by atoms with Crippen LogP contribution in [0.3, 0.4) is 0 Å². The number of carbonyl (C=O) groups is 1. The number of hydrogen-bond donors (Lipinski definition) is 1. The Balaban J connectivity index is 3.03. The molecule has 0 bridgehead atoms. The molecule has 0 fully saturated rings. The van der Waals surface area contributed by atoms with Crippen LogP contribution in [0.2, 0.25) is 0 Å². The lowest BCUT2D eigenvalue weighted by atomic mass is 10.1. The van der Waals surface area contributed by atoms with Crippen molar-refractivity contribution in [2.75, 3.05) is 0 Å². The van der Waals surface area contributed by atoms with Gasteiger partial charge >= 0.3 is 5.97 Å². The van der Waals surface area contributed by atoms with Crippen molar-refractivity contribution in [1.82, 2.24) is 15.0 Å². The zero-order valence-electron chi connectivity index (χ0n) is 9.02. The second-order valence-electron chi connectivity index (χ2n) is 3.86. The average Bonchev–Trinajstić information content (AvgIpc) is 2.47.